The van der Waals surface area contributed by atoms with E-state index in [1.807, 2.05) is 0 Å². The van der Waals surface area contributed by atoms with Crippen LogP contribution in [0.5, 0.6) is 0 Å². The molecule has 1 fully saturated rings. The Morgan fingerprint density at radius 2 is 1.75 bits per heavy atom. The van der Waals surface area contributed by atoms with Gasteiger partial charge in [0.2, 0.25) is 0 Å². The Kier molecular flexibility index (Phi) is 4.81. The standard InChI is InChI=1S/C14H30N2/c1-6-13(15)11(2)16-9-7-12(8-10-16)14(3,4)5/h11-13H,6-10,15H2,1-5H3. The molecule has 0 saturated carbocycles. The van der Waals surface area contributed by atoms with Gasteiger partial charge < -0.3 is 5.73 Å². The van der Waals surface area contributed by atoms with E-state index in [0.717, 1.165) is 12.3 Å². The molecule has 0 amide bonds. The number of hydrogen-bond donors (Lipinski definition) is 1. The monoisotopic (exact) mass is 226 g/mol. The number of piperidine rings is 1. The molecule has 1 aliphatic heterocycles. The third-order valence-corrected chi connectivity index (χ3v) is 4.42. The van der Waals surface area contributed by atoms with Gasteiger partial charge in [-0.05, 0) is 50.6 Å². The zero-order valence-electron chi connectivity index (χ0n) is 11.8. The maximum Gasteiger partial charge on any atom is 0.0218 e. The van der Waals surface area contributed by atoms with E-state index in [2.05, 4.69) is 39.5 Å². The van der Waals surface area contributed by atoms with Crippen LogP contribution in [0.3, 0.4) is 0 Å². The van der Waals surface area contributed by atoms with Gasteiger partial charge in [0.15, 0.2) is 0 Å². The Morgan fingerprint density at radius 1 is 1.25 bits per heavy atom. The summed E-state index contributed by atoms with van der Waals surface area (Å²) in [6.07, 6.45) is 3.76. The topological polar surface area (TPSA) is 29.3 Å². The molecule has 2 nitrogen and oxygen atoms in total. The zero-order chi connectivity index (χ0) is 12.3. The Morgan fingerprint density at radius 3 is 2.12 bits per heavy atom. The molecule has 1 rings (SSSR count). The normalized spacial score (nSPS) is 24.4. The highest BCUT2D eigenvalue weighted by Gasteiger charge is 2.31. The summed E-state index contributed by atoms with van der Waals surface area (Å²) < 4.78 is 0. The average molecular weight is 226 g/mol. The summed E-state index contributed by atoms with van der Waals surface area (Å²) in [6.45, 7) is 14.0. The highest BCUT2D eigenvalue weighted by molar-refractivity contribution is 4.85. The number of nitrogens with two attached hydrogens (primary N) is 1. The summed E-state index contributed by atoms with van der Waals surface area (Å²) in [7, 11) is 0. The molecule has 0 aromatic rings. The van der Waals surface area contributed by atoms with E-state index in [4.69, 9.17) is 5.73 Å². The van der Waals surface area contributed by atoms with Crippen LogP contribution >= 0.6 is 0 Å². The Balaban J connectivity index is 2.43. The molecule has 0 radical (unpaired) electrons. The van der Waals surface area contributed by atoms with E-state index < -0.39 is 0 Å². The van der Waals surface area contributed by atoms with E-state index >= 15 is 0 Å². The van der Waals surface area contributed by atoms with Crippen LogP contribution in [0.4, 0.5) is 0 Å². The first-order valence-corrected chi connectivity index (χ1v) is 6.86. The minimum atomic E-state index is 0.339. The Bertz CT molecular complexity index is 199. The van der Waals surface area contributed by atoms with Crippen LogP contribution < -0.4 is 5.73 Å². The fourth-order valence-corrected chi connectivity index (χ4v) is 2.78. The first kappa shape index (κ1) is 14.0. The highest BCUT2D eigenvalue weighted by atomic mass is 15.2. The van der Waals surface area contributed by atoms with Gasteiger partial charge in [0.25, 0.3) is 0 Å². The van der Waals surface area contributed by atoms with Crippen molar-refractivity contribution in [3.63, 3.8) is 0 Å². The highest BCUT2D eigenvalue weighted by Crippen LogP contribution is 2.34. The number of nitrogens with zero attached hydrogens (tertiary/aromatic N) is 1. The van der Waals surface area contributed by atoms with Crippen LogP contribution in [0.1, 0.15) is 53.9 Å². The van der Waals surface area contributed by atoms with Gasteiger partial charge in [0.1, 0.15) is 0 Å². The van der Waals surface area contributed by atoms with E-state index in [-0.39, 0.29) is 0 Å². The maximum absolute atomic E-state index is 6.13. The molecule has 2 N–H and O–H groups in total. The van der Waals surface area contributed by atoms with Crippen molar-refractivity contribution in [2.75, 3.05) is 13.1 Å². The van der Waals surface area contributed by atoms with E-state index in [1.54, 1.807) is 0 Å². The summed E-state index contributed by atoms with van der Waals surface area (Å²) in [5.74, 6) is 0.883. The molecule has 0 spiro atoms. The second-order valence-electron chi connectivity index (χ2n) is 6.49. The van der Waals surface area contributed by atoms with E-state index in [9.17, 15) is 0 Å². The quantitative estimate of drug-likeness (QED) is 0.802. The molecule has 2 unspecified atom stereocenters. The lowest BCUT2D eigenvalue weighted by molar-refractivity contribution is 0.0788. The fraction of sp³-hybridized carbons (Fsp3) is 1.00. The summed E-state index contributed by atoms with van der Waals surface area (Å²) in [4.78, 5) is 2.58. The van der Waals surface area contributed by atoms with Gasteiger partial charge in [-0.3, -0.25) is 4.90 Å². The predicted molar refractivity (Wildman–Crippen MR) is 71.5 cm³/mol. The lowest BCUT2D eigenvalue weighted by atomic mass is 9.75. The molecule has 0 aromatic carbocycles. The molecule has 2 heteroatoms. The molecule has 0 aliphatic carbocycles. The zero-order valence-corrected chi connectivity index (χ0v) is 11.8. The predicted octanol–water partition coefficient (Wildman–Crippen LogP) is 2.87. The van der Waals surface area contributed by atoms with Crippen LogP contribution in [0.15, 0.2) is 0 Å². The summed E-state index contributed by atoms with van der Waals surface area (Å²) in [5.41, 5.74) is 6.60. The molecular formula is C14H30N2. The van der Waals surface area contributed by atoms with E-state index in [1.165, 1.54) is 25.9 Å². The third kappa shape index (κ3) is 3.46. The van der Waals surface area contributed by atoms with Crippen molar-refractivity contribution in [1.82, 2.24) is 4.90 Å². The summed E-state index contributed by atoms with van der Waals surface area (Å²) in [6, 6.07) is 0.886. The van der Waals surface area contributed by atoms with Gasteiger partial charge >= 0.3 is 0 Å². The SMILES string of the molecule is CCC(N)C(C)N1CCC(C(C)(C)C)CC1. The first-order chi connectivity index (χ1) is 7.36. The minimum absolute atomic E-state index is 0.339. The van der Waals surface area contributed by atoms with Crippen LogP contribution in [-0.4, -0.2) is 30.1 Å². The van der Waals surface area contributed by atoms with Crippen molar-refractivity contribution in [2.45, 2.75) is 66.0 Å². The van der Waals surface area contributed by atoms with Gasteiger partial charge in [0, 0.05) is 12.1 Å². The van der Waals surface area contributed by atoms with Crippen molar-refractivity contribution in [1.29, 1.82) is 0 Å². The lowest BCUT2D eigenvalue weighted by Gasteiger charge is -2.42. The number of rotatable bonds is 3. The van der Waals surface area contributed by atoms with Gasteiger partial charge in [0.05, 0.1) is 0 Å². The maximum atomic E-state index is 6.13. The molecule has 0 aromatic heterocycles. The lowest BCUT2D eigenvalue weighted by Crippen LogP contribution is -2.49. The molecule has 2 atom stereocenters. The van der Waals surface area contributed by atoms with Crippen molar-refractivity contribution in [3.05, 3.63) is 0 Å². The van der Waals surface area contributed by atoms with Crippen LogP contribution in [0, 0.1) is 11.3 Å². The Hall–Kier alpha value is -0.0800. The number of hydrogen-bond acceptors (Lipinski definition) is 2. The van der Waals surface area contributed by atoms with Crippen molar-refractivity contribution < 1.29 is 0 Å². The Labute approximate surface area is 102 Å². The molecular weight excluding hydrogens is 196 g/mol. The minimum Gasteiger partial charge on any atom is -0.326 e. The van der Waals surface area contributed by atoms with Gasteiger partial charge in [-0.1, -0.05) is 27.7 Å². The second kappa shape index (κ2) is 5.50. The molecule has 96 valence electrons. The van der Waals surface area contributed by atoms with Crippen LogP contribution in [-0.2, 0) is 0 Å². The van der Waals surface area contributed by atoms with Gasteiger partial charge in [-0.15, -0.1) is 0 Å². The largest absolute Gasteiger partial charge is 0.326 e. The average Bonchev–Trinajstić information content (AvgIpc) is 2.26. The number of likely N-dealkylation sites (tertiary alicyclic amines) is 1. The smallest absolute Gasteiger partial charge is 0.0218 e. The van der Waals surface area contributed by atoms with Crippen molar-refractivity contribution in [2.24, 2.45) is 17.1 Å². The van der Waals surface area contributed by atoms with Crippen molar-refractivity contribution >= 4 is 0 Å². The summed E-state index contributed by atoms with van der Waals surface area (Å²) in [5, 5.41) is 0. The van der Waals surface area contributed by atoms with Crippen LogP contribution in [0.2, 0.25) is 0 Å². The molecule has 1 aliphatic rings. The molecule has 1 heterocycles. The second-order valence-corrected chi connectivity index (χ2v) is 6.49. The fourth-order valence-electron chi connectivity index (χ4n) is 2.78. The van der Waals surface area contributed by atoms with Crippen molar-refractivity contribution in [3.8, 4) is 0 Å². The molecule has 16 heavy (non-hydrogen) atoms. The van der Waals surface area contributed by atoms with Gasteiger partial charge in [-0.25, -0.2) is 0 Å². The molecule has 1 saturated heterocycles. The first-order valence-electron chi connectivity index (χ1n) is 6.86. The van der Waals surface area contributed by atoms with E-state index in [0.29, 0.717) is 17.5 Å². The summed E-state index contributed by atoms with van der Waals surface area (Å²) >= 11 is 0. The third-order valence-electron chi connectivity index (χ3n) is 4.42. The molecule has 0 bridgehead atoms. The van der Waals surface area contributed by atoms with Crippen LogP contribution in [0.25, 0.3) is 0 Å². The van der Waals surface area contributed by atoms with Gasteiger partial charge in [-0.2, -0.15) is 0 Å².